The summed E-state index contributed by atoms with van der Waals surface area (Å²) >= 11 is 1.23. The Hall–Kier alpha value is -0.940. The largest absolute Gasteiger partial charge is 0.324 e. The Bertz CT molecular complexity index is 350. The Balaban J connectivity index is 2.01. The minimum Gasteiger partial charge on any atom is -0.319 e. The standard InChI is InChI=1S/C9H12N2O2S/c1-10-4-6-2-8(6)7-3-9(11(12)13)14-5-7/h3,5-6,8,10H,2,4H2,1H3. The molecule has 1 aromatic rings. The quantitative estimate of drug-likeness (QED) is 0.613. The predicted octanol–water partition coefficient (Wildman–Crippen LogP) is 1.98. The highest BCUT2D eigenvalue weighted by atomic mass is 32.1. The van der Waals surface area contributed by atoms with Gasteiger partial charge in [-0.1, -0.05) is 11.3 Å². The topological polar surface area (TPSA) is 55.2 Å². The van der Waals surface area contributed by atoms with Crippen LogP contribution in [0.25, 0.3) is 0 Å². The zero-order valence-corrected chi connectivity index (χ0v) is 8.71. The number of thiophene rings is 1. The average Bonchev–Trinajstić information content (AvgIpc) is 2.75. The molecule has 1 fully saturated rings. The lowest BCUT2D eigenvalue weighted by atomic mass is 10.2. The van der Waals surface area contributed by atoms with Gasteiger partial charge >= 0.3 is 5.00 Å². The third kappa shape index (κ3) is 1.78. The third-order valence-electron chi connectivity index (χ3n) is 2.60. The summed E-state index contributed by atoms with van der Waals surface area (Å²) < 4.78 is 0. The smallest absolute Gasteiger partial charge is 0.319 e. The maximum absolute atomic E-state index is 10.5. The van der Waals surface area contributed by atoms with Crippen molar-refractivity contribution >= 4 is 16.3 Å². The van der Waals surface area contributed by atoms with Crippen LogP contribution in [0.15, 0.2) is 11.4 Å². The first-order chi connectivity index (χ1) is 6.72. The maximum atomic E-state index is 10.5. The van der Waals surface area contributed by atoms with Crippen LogP contribution in [0, 0.1) is 16.0 Å². The molecule has 0 bridgehead atoms. The third-order valence-corrected chi connectivity index (χ3v) is 3.50. The zero-order chi connectivity index (χ0) is 10.1. The van der Waals surface area contributed by atoms with E-state index in [1.165, 1.54) is 11.3 Å². The molecule has 0 radical (unpaired) electrons. The maximum Gasteiger partial charge on any atom is 0.324 e. The first kappa shape index (κ1) is 9.61. The van der Waals surface area contributed by atoms with E-state index in [0.717, 1.165) is 18.5 Å². The molecule has 2 atom stereocenters. The molecule has 0 amide bonds. The number of nitrogens with one attached hydrogen (secondary N) is 1. The summed E-state index contributed by atoms with van der Waals surface area (Å²) in [5, 5.41) is 15.8. The Morgan fingerprint density at radius 2 is 2.57 bits per heavy atom. The van der Waals surface area contributed by atoms with E-state index in [0.29, 0.717) is 11.8 Å². The van der Waals surface area contributed by atoms with E-state index < -0.39 is 0 Å². The van der Waals surface area contributed by atoms with Gasteiger partial charge in [-0.05, 0) is 37.4 Å². The summed E-state index contributed by atoms with van der Waals surface area (Å²) in [6, 6.07) is 1.71. The lowest BCUT2D eigenvalue weighted by Crippen LogP contribution is -2.09. The first-order valence-corrected chi connectivity index (χ1v) is 5.47. The molecule has 0 aliphatic heterocycles. The molecule has 5 heteroatoms. The van der Waals surface area contributed by atoms with Crippen LogP contribution in [-0.2, 0) is 0 Å². The summed E-state index contributed by atoms with van der Waals surface area (Å²) in [4.78, 5) is 10.2. The summed E-state index contributed by atoms with van der Waals surface area (Å²) in [7, 11) is 1.94. The van der Waals surface area contributed by atoms with Gasteiger partial charge in [-0.2, -0.15) is 0 Å². The number of nitrogens with zero attached hydrogens (tertiary/aromatic N) is 1. The van der Waals surface area contributed by atoms with E-state index in [1.807, 2.05) is 12.4 Å². The van der Waals surface area contributed by atoms with Gasteiger partial charge in [-0.3, -0.25) is 10.1 Å². The van der Waals surface area contributed by atoms with Crippen LogP contribution >= 0.6 is 11.3 Å². The molecule has 0 aromatic carbocycles. The van der Waals surface area contributed by atoms with E-state index in [-0.39, 0.29) is 9.92 Å². The Morgan fingerprint density at radius 1 is 1.79 bits per heavy atom. The highest BCUT2D eigenvalue weighted by Crippen LogP contribution is 2.48. The molecule has 76 valence electrons. The van der Waals surface area contributed by atoms with Gasteiger partial charge in [0.05, 0.1) is 4.92 Å². The van der Waals surface area contributed by atoms with Gasteiger partial charge in [-0.15, -0.1) is 0 Å². The normalized spacial score (nSPS) is 24.9. The molecule has 2 rings (SSSR count). The summed E-state index contributed by atoms with van der Waals surface area (Å²) in [6.45, 7) is 1.01. The second-order valence-electron chi connectivity index (χ2n) is 3.64. The molecule has 0 saturated heterocycles. The molecule has 14 heavy (non-hydrogen) atoms. The average molecular weight is 212 g/mol. The molecule has 1 heterocycles. The van der Waals surface area contributed by atoms with E-state index in [2.05, 4.69) is 5.32 Å². The second kappa shape index (κ2) is 3.67. The van der Waals surface area contributed by atoms with Crippen molar-refractivity contribution in [2.24, 2.45) is 5.92 Å². The van der Waals surface area contributed by atoms with Crippen LogP contribution in [0.4, 0.5) is 5.00 Å². The minimum atomic E-state index is -0.316. The van der Waals surface area contributed by atoms with Crippen LogP contribution in [-0.4, -0.2) is 18.5 Å². The monoisotopic (exact) mass is 212 g/mol. The molecule has 0 spiro atoms. The molecule has 1 aromatic heterocycles. The van der Waals surface area contributed by atoms with Gasteiger partial charge in [0.2, 0.25) is 0 Å². The van der Waals surface area contributed by atoms with Crippen LogP contribution in [0.1, 0.15) is 17.9 Å². The molecular formula is C9H12N2O2S. The van der Waals surface area contributed by atoms with Crippen molar-refractivity contribution in [2.75, 3.05) is 13.6 Å². The van der Waals surface area contributed by atoms with Gasteiger partial charge in [0.1, 0.15) is 0 Å². The van der Waals surface area contributed by atoms with E-state index in [9.17, 15) is 10.1 Å². The van der Waals surface area contributed by atoms with Gasteiger partial charge in [-0.25, -0.2) is 0 Å². The van der Waals surface area contributed by atoms with Crippen LogP contribution in [0.5, 0.6) is 0 Å². The van der Waals surface area contributed by atoms with Crippen molar-refractivity contribution in [2.45, 2.75) is 12.3 Å². The molecule has 1 aliphatic carbocycles. The van der Waals surface area contributed by atoms with Crippen molar-refractivity contribution in [3.63, 3.8) is 0 Å². The Morgan fingerprint density at radius 3 is 3.14 bits per heavy atom. The fourth-order valence-corrected chi connectivity index (χ4v) is 2.56. The lowest BCUT2D eigenvalue weighted by Gasteiger charge is -1.94. The summed E-state index contributed by atoms with van der Waals surface area (Å²) in [6.07, 6.45) is 1.16. The van der Waals surface area contributed by atoms with Gasteiger partial charge in [0, 0.05) is 11.4 Å². The van der Waals surface area contributed by atoms with E-state index >= 15 is 0 Å². The second-order valence-corrected chi connectivity index (χ2v) is 4.53. The Labute approximate surface area is 86.1 Å². The number of hydrogen-bond donors (Lipinski definition) is 1. The van der Waals surface area contributed by atoms with Gasteiger partial charge < -0.3 is 5.32 Å². The molecule has 1 N–H and O–H groups in total. The highest BCUT2D eigenvalue weighted by Gasteiger charge is 2.38. The van der Waals surface area contributed by atoms with Crippen LogP contribution in [0.2, 0.25) is 0 Å². The Kier molecular flexibility index (Phi) is 2.52. The van der Waals surface area contributed by atoms with Gasteiger partial charge in [0.15, 0.2) is 0 Å². The lowest BCUT2D eigenvalue weighted by molar-refractivity contribution is -0.380. The van der Waals surface area contributed by atoms with Crippen molar-refractivity contribution in [1.29, 1.82) is 0 Å². The minimum absolute atomic E-state index is 0.259. The molecule has 1 saturated carbocycles. The zero-order valence-electron chi connectivity index (χ0n) is 7.90. The molecule has 1 aliphatic rings. The predicted molar refractivity (Wildman–Crippen MR) is 55.7 cm³/mol. The van der Waals surface area contributed by atoms with E-state index in [4.69, 9.17) is 0 Å². The summed E-state index contributed by atoms with van der Waals surface area (Å²) in [5.74, 6) is 1.22. The first-order valence-electron chi connectivity index (χ1n) is 4.59. The SMILES string of the molecule is CNCC1CC1c1csc([N+](=O)[O-])c1. The fraction of sp³-hybridized carbons (Fsp3) is 0.556. The van der Waals surface area contributed by atoms with Crippen LogP contribution < -0.4 is 5.32 Å². The van der Waals surface area contributed by atoms with Crippen LogP contribution in [0.3, 0.4) is 0 Å². The number of rotatable bonds is 4. The van der Waals surface area contributed by atoms with Crippen molar-refractivity contribution < 1.29 is 4.92 Å². The molecule has 2 unspecified atom stereocenters. The van der Waals surface area contributed by atoms with Gasteiger partial charge in [0.25, 0.3) is 0 Å². The van der Waals surface area contributed by atoms with Crippen molar-refractivity contribution in [1.82, 2.24) is 5.32 Å². The highest BCUT2D eigenvalue weighted by molar-refractivity contribution is 7.13. The molecular weight excluding hydrogens is 200 g/mol. The summed E-state index contributed by atoms with van der Waals surface area (Å²) in [5.41, 5.74) is 1.14. The number of nitro groups is 1. The van der Waals surface area contributed by atoms with Crippen molar-refractivity contribution in [3.05, 3.63) is 27.1 Å². The van der Waals surface area contributed by atoms with Crippen molar-refractivity contribution in [3.8, 4) is 0 Å². The fourth-order valence-electron chi connectivity index (χ4n) is 1.77. The molecule has 4 nitrogen and oxygen atoms in total. The number of hydrogen-bond acceptors (Lipinski definition) is 4. The van der Waals surface area contributed by atoms with E-state index in [1.54, 1.807) is 6.07 Å².